The smallest absolute Gasteiger partial charge is 0.240 e. The highest BCUT2D eigenvalue weighted by Crippen LogP contribution is 2.37. The van der Waals surface area contributed by atoms with E-state index in [1.165, 1.54) is 11.8 Å². The molecule has 0 unspecified atom stereocenters. The largest absolute Gasteiger partial charge is 0.486 e. The first kappa shape index (κ1) is 21.1. The van der Waals surface area contributed by atoms with Crippen LogP contribution in [0.15, 0.2) is 90.1 Å². The summed E-state index contributed by atoms with van der Waals surface area (Å²) in [6.45, 7) is 2.23. The van der Waals surface area contributed by atoms with Crippen molar-refractivity contribution in [3.63, 3.8) is 0 Å². The van der Waals surface area contributed by atoms with Crippen LogP contribution in [0, 0.1) is 6.92 Å². The van der Waals surface area contributed by atoms with Gasteiger partial charge in [-0.1, -0.05) is 78.5 Å². The molecule has 0 aliphatic carbocycles. The number of hydrogen-bond acceptors (Lipinski definition) is 6. The van der Waals surface area contributed by atoms with Crippen LogP contribution in [-0.2, 0) is 11.4 Å². The maximum atomic E-state index is 13.4. The van der Waals surface area contributed by atoms with Crippen LogP contribution in [0.25, 0.3) is 0 Å². The molecule has 8 heteroatoms. The highest BCUT2D eigenvalue weighted by atomic mass is 32.2. The Balaban J connectivity index is 1.41. The summed E-state index contributed by atoms with van der Waals surface area (Å²) in [6.07, 6.45) is 0. The lowest BCUT2D eigenvalue weighted by atomic mass is 10.0. The van der Waals surface area contributed by atoms with E-state index in [9.17, 15) is 4.79 Å². The van der Waals surface area contributed by atoms with Gasteiger partial charge in [-0.05, 0) is 36.2 Å². The number of aryl methyl sites for hydroxylation is 1. The van der Waals surface area contributed by atoms with E-state index in [4.69, 9.17) is 4.74 Å². The summed E-state index contributed by atoms with van der Waals surface area (Å²) in [7, 11) is 0. The van der Waals surface area contributed by atoms with Gasteiger partial charge in [0.25, 0.3) is 0 Å². The van der Waals surface area contributed by atoms with E-state index in [-0.39, 0.29) is 18.6 Å². The first-order valence-corrected chi connectivity index (χ1v) is 11.5. The van der Waals surface area contributed by atoms with Gasteiger partial charge in [-0.2, -0.15) is 0 Å². The molecule has 0 fully saturated rings. The number of thioether (sulfide) groups is 1. The first-order valence-electron chi connectivity index (χ1n) is 10.7. The second kappa shape index (κ2) is 9.38. The Labute approximate surface area is 196 Å². The number of amides is 1. The van der Waals surface area contributed by atoms with Gasteiger partial charge in [-0.15, -0.1) is 10.2 Å². The Morgan fingerprint density at radius 2 is 1.70 bits per heavy atom. The molecule has 33 heavy (non-hydrogen) atoms. The standard InChI is InChI=1S/C25H23N5O2S/c1-17-10-8-9-15-20(17)26-24(31)23-22(18-11-4-2-5-12-18)29-30-21(27-28-25(30)33-23)16-32-19-13-6-3-7-14-19/h2-15,22-23,29H,16H2,1H3,(H,26,31)/t22-,23-/m1/s1. The predicted octanol–water partition coefficient (Wildman–Crippen LogP) is 4.56. The van der Waals surface area contributed by atoms with Gasteiger partial charge in [0.05, 0.1) is 6.04 Å². The summed E-state index contributed by atoms with van der Waals surface area (Å²) in [4.78, 5) is 13.4. The predicted molar refractivity (Wildman–Crippen MR) is 129 cm³/mol. The summed E-state index contributed by atoms with van der Waals surface area (Å²) in [6, 6.07) is 27.0. The molecule has 0 saturated carbocycles. The lowest BCUT2D eigenvalue weighted by Gasteiger charge is -2.33. The van der Waals surface area contributed by atoms with Gasteiger partial charge in [0.15, 0.2) is 5.82 Å². The molecule has 7 nitrogen and oxygen atoms in total. The number of aromatic nitrogens is 3. The fourth-order valence-electron chi connectivity index (χ4n) is 3.68. The summed E-state index contributed by atoms with van der Waals surface area (Å²) in [5.74, 6) is 1.31. The zero-order valence-electron chi connectivity index (χ0n) is 18.0. The summed E-state index contributed by atoms with van der Waals surface area (Å²) in [5, 5.41) is 11.9. The normalized spacial score (nSPS) is 17.0. The van der Waals surface area contributed by atoms with Gasteiger partial charge in [0.2, 0.25) is 11.1 Å². The summed E-state index contributed by atoms with van der Waals surface area (Å²) in [5.41, 5.74) is 6.28. The second-order valence-corrected chi connectivity index (χ2v) is 8.80. The molecule has 2 atom stereocenters. The molecule has 1 aliphatic rings. The number of para-hydroxylation sites is 2. The Bertz CT molecular complexity index is 1250. The van der Waals surface area contributed by atoms with Crippen LogP contribution in [0.5, 0.6) is 5.75 Å². The van der Waals surface area contributed by atoms with Crippen LogP contribution in [0.1, 0.15) is 23.0 Å². The van der Waals surface area contributed by atoms with Gasteiger partial charge < -0.3 is 15.5 Å². The Morgan fingerprint density at radius 1 is 1.00 bits per heavy atom. The van der Waals surface area contributed by atoms with Crippen molar-refractivity contribution in [2.24, 2.45) is 0 Å². The number of hydrogen-bond donors (Lipinski definition) is 2. The first-order chi connectivity index (χ1) is 16.2. The molecular formula is C25H23N5O2S. The molecule has 4 aromatic rings. The Morgan fingerprint density at radius 3 is 2.45 bits per heavy atom. The van der Waals surface area contributed by atoms with Crippen molar-refractivity contribution in [2.45, 2.75) is 30.0 Å². The van der Waals surface area contributed by atoms with Crippen molar-refractivity contribution < 1.29 is 9.53 Å². The molecule has 2 N–H and O–H groups in total. The summed E-state index contributed by atoms with van der Waals surface area (Å²) >= 11 is 1.39. The number of nitrogens with zero attached hydrogens (tertiary/aromatic N) is 3. The molecule has 0 spiro atoms. The van der Waals surface area contributed by atoms with Crippen LogP contribution in [-0.4, -0.2) is 26.0 Å². The van der Waals surface area contributed by atoms with Crippen molar-refractivity contribution in [3.05, 3.63) is 102 Å². The quantitative estimate of drug-likeness (QED) is 0.442. The van der Waals surface area contributed by atoms with Crippen molar-refractivity contribution in [1.29, 1.82) is 0 Å². The van der Waals surface area contributed by atoms with Crippen molar-refractivity contribution in [2.75, 3.05) is 10.7 Å². The van der Waals surface area contributed by atoms with Crippen molar-refractivity contribution >= 4 is 23.4 Å². The Kier molecular flexibility index (Phi) is 5.99. The average molecular weight is 458 g/mol. The second-order valence-electron chi connectivity index (χ2n) is 7.70. The van der Waals surface area contributed by atoms with Gasteiger partial charge in [0, 0.05) is 5.69 Å². The van der Waals surface area contributed by atoms with Crippen LogP contribution in [0.3, 0.4) is 0 Å². The van der Waals surface area contributed by atoms with E-state index in [1.54, 1.807) is 0 Å². The lowest BCUT2D eigenvalue weighted by molar-refractivity contribution is -0.116. The van der Waals surface area contributed by atoms with E-state index in [1.807, 2.05) is 96.5 Å². The highest BCUT2D eigenvalue weighted by molar-refractivity contribution is 8.00. The van der Waals surface area contributed by atoms with Gasteiger partial charge >= 0.3 is 0 Å². The van der Waals surface area contributed by atoms with E-state index < -0.39 is 5.25 Å². The molecule has 1 amide bonds. The van der Waals surface area contributed by atoms with E-state index in [2.05, 4.69) is 20.9 Å². The molecule has 3 aromatic carbocycles. The number of benzene rings is 3. The number of nitrogens with one attached hydrogen (secondary N) is 2. The summed E-state index contributed by atoms with van der Waals surface area (Å²) < 4.78 is 7.69. The number of ether oxygens (including phenoxy) is 1. The van der Waals surface area contributed by atoms with Gasteiger partial charge in [0.1, 0.15) is 17.6 Å². The number of carbonyl (C=O) groups excluding carboxylic acids is 1. The molecule has 1 aromatic heterocycles. The van der Waals surface area contributed by atoms with E-state index in [0.29, 0.717) is 11.0 Å². The molecule has 5 rings (SSSR count). The third-order valence-electron chi connectivity index (χ3n) is 5.43. The zero-order chi connectivity index (χ0) is 22.6. The van der Waals surface area contributed by atoms with Gasteiger partial charge in [-0.3, -0.25) is 4.79 Å². The van der Waals surface area contributed by atoms with Crippen LogP contribution in [0.4, 0.5) is 5.69 Å². The fraction of sp³-hybridized carbons (Fsp3) is 0.160. The monoisotopic (exact) mass is 457 g/mol. The third kappa shape index (κ3) is 4.56. The minimum absolute atomic E-state index is 0.0908. The van der Waals surface area contributed by atoms with Crippen LogP contribution < -0.4 is 15.5 Å². The minimum Gasteiger partial charge on any atom is -0.486 e. The zero-order valence-corrected chi connectivity index (χ0v) is 18.8. The van der Waals surface area contributed by atoms with Crippen molar-refractivity contribution in [1.82, 2.24) is 14.9 Å². The average Bonchev–Trinajstić information content (AvgIpc) is 3.26. The topological polar surface area (TPSA) is 81.1 Å². The maximum Gasteiger partial charge on any atom is 0.240 e. The number of anilines is 1. The maximum absolute atomic E-state index is 13.4. The molecule has 166 valence electrons. The van der Waals surface area contributed by atoms with Crippen LogP contribution in [0.2, 0.25) is 0 Å². The molecule has 2 heterocycles. The number of carbonyl (C=O) groups is 1. The number of rotatable bonds is 6. The van der Waals surface area contributed by atoms with E-state index in [0.717, 1.165) is 22.6 Å². The molecule has 0 bridgehead atoms. The molecule has 0 saturated heterocycles. The highest BCUT2D eigenvalue weighted by Gasteiger charge is 2.38. The fourth-order valence-corrected chi connectivity index (χ4v) is 4.78. The third-order valence-corrected chi connectivity index (χ3v) is 6.65. The molecule has 0 radical (unpaired) electrons. The molecule has 1 aliphatic heterocycles. The van der Waals surface area contributed by atoms with E-state index >= 15 is 0 Å². The SMILES string of the molecule is Cc1ccccc1NC(=O)[C@@H]1Sc2nnc(COc3ccccc3)n2N[C@@H]1c1ccccc1. The number of fused-ring (bicyclic) bond motifs is 1. The van der Waals surface area contributed by atoms with Crippen LogP contribution >= 0.6 is 11.8 Å². The lowest BCUT2D eigenvalue weighted by Crippen LogP contribution is -2.41. The minimum atomic E-state index is -0.438. The molecular weight excluding hydrogens is 434 g/mol. The van der Waals surface area contributed by atoms with Gasteiger partial charge in [-0.25, -0.2) is 4.68 Å². The Hall–Kier alpha value is -3.78. The van der Waals surface area contributed by atoms with Crippen molar-refractivity contribution in [3.8, 4) is 5.75 Å².